The predicted molar refractivity (Wildman–Crippen MR) is 305 cm³/mol. The van der Waals surface area contributed by atoms with Crippen LogP contribution in [0.2, 0.25) is 0 Å². The Bertz CT molecular complexity index is 2420. The number of hydrogen-bond donors (Lipinski definition) is 19. The summed E-state index contributed by atoms with van der Waals surface area (Å²) in [6.07, 6.45) is -22.2. The molecule has 0 aromatic rings. The first-order valence-corrected chi connectivity index (χ1v) is 33.6. The topological polar surface area (TPSA) is 600 Å². The van der Waals surface area contributed by atoms with Gasteiger partial charge in [-0.2, -0.15) is 0 Å². The lowest BCUT2D eigenvalue weighted by molar-refractivity contribution is -0.270. The van der Waals surface area contributed by atoms with Gasteiger partial charge in [0.15, 0.2) is 18.9 Å². The molecule has 0 aromatic carbocycles. The van der Waals surface area contributed by atoms with E-state index in [1.807, 2.05) is 0 Å². The van der Waals surface area contributed by atoms with E-state index in [0.29, 0.717) is 0 Å². The first-order valence-electron chi connectivity index (χ1n) is 29.1. The van der Waals surface area contributed by atoms with Gasteiger partial charge in [-0.05, 0) is 38.5 Å². The summed E-state index contributed by atoms with van der Waals surface area (Å²) in [5, 5.41) is 115. The summed E-state index contributed by atoms with van der Waals surface area (Å²) in [5.41, 5.74) is 0. The van der Waals surface area contributed by atoms with Crippen molar-refractivity contribution in [2.75, 3.05) is 86.2 Å². The summed E-state index contributed by atoms with van der Waals surface area (Å²) in [4.78, 5) is 105. The van der Waals surface area contributed by atoms with E-state index in [2.05, 4.69) is 36.4 Å². The van der Waals surface area contributed by atoms with E-state index >= 15 is 0 Å². The molecule has 3 aliphatic rings. The molecular formula is C49H91N6O34P3. The fourth-order valence-corrected chi connectivity index (χ4v) is 11.4. The van der Waals surface area contributed by atoms with Crippen molar-refractivity contribution < 1.29 is 164 Å². The highest BCUT2D eigenvalue weighted by atomic mass is 31.2. The van der Waals surface area contributed by atoms with Crippen LogP contribution in [-0.4, -0.2) is 298 Å². The third-order valence-corrected chi connectivity index (χ3v) is 16.8. The summed E-state index contributed by atoms with van der Waals surface area (Å²) >= 11 is 0. The fourth-order valence-electron chi connectivity index (χ4n) is 8.96. The molecule has 43 heteroatoms. The number of nitrogens with one attached hydrogen (secondary N) is 6. The number of carbonyl (C=O) groups is 6. The van der Waals surface area contributed by atoms with Gasteiger partial charge in [0, 0.05) is 86.6 Å². The number of aliphatic hydroxyl groups is 10. The molecule has 3 fully saturated rings. The Kier molecular flexibility index (Phi) is 37.4. The van der Waals surface area contributed by atoms with Gasteiger partial charge in [0.2, 0.25) is 35.4 Å². The highest BCUT2D eigenvalue weighted by Gasteiger charge is 2.48. The van der Waals surface area contributed by atoms with Crippen LogP contribution in [0.4, 0.5) is 0 Å². The third kappa shape index (κ3) is 29.9. The summed E-state index contributed by atoms with van der Waals surface area (Å²) in [6, 6.07) is -3.66. The molecule has 40 nitrogen and oxygen atoms in total. The van der Waals surface area contributed by atoms with Gasteiger partial charge in [-0.25, -0.2) is 13.7 Å². The van der Waals surface area contributed by atoms with Crippen molar-refractivity contribution in [2.24, 2.45) is 0 Å². The van der Waals surface area contributed by atoms with Crippen molar-refractivity contribution in [1.29, 1.82) is 0 Å². The smallest absolute Gasteiger partial charge is 0.394 e. The molecule has 536 valence electrons. The molecule has 0 spiro atoms. The van der Waals surface area contributed by atoms with Crippen LogP contribution in [0.15, 0.2) is 0 Å². The van der Waals surface area contributed by atoms with Gasteiger partial charge in [-0.1, -0.05) is 0 Å². The SMILES string of the molecule is COP(=O)(O)OC(CNC(=O)CCCCO[C@@H]1OC(CO)[C@H](O)[C@H](O)C1NC(C)=O)COP(=O)(O)OC(CNC(=O)CCCCO[C@@H]1OC(CO)[C@H](O)[C@H](O)C1NC(C)=O)COP(=O)(O)OC(CO)CNC(=O)CCCCO[C@@H]1OC(CO)[C@H](O)[C@H](O)C1NC(C)=O. The summed E-state index contributed by atoms with van der Waals surface area (Å²) in [7, 11) is -15.0. The van der Waals surface area contributed by atoms with Crippen LogP contribution in [0.5, 0.6) is 0 Å². The highest BCUT2D eigenvalue weighted by Crippen LogP contribution is 2.49. The van der Waals surface area contributed by atoms with Crippen LogP contribution in [0, 0.1) is 0 Å². The van der Waals surface area contributed by atoms with E-state index in [-0.39, 0.29) is 77.6 Å². The fraction of sp³-hybridized carbons (Fsp3) is 0.878. The molecule has 3 aliphatic heterocycles. The lowest BCUT2D eigenvalue weighted by atomic mass is 9.97. The molecule has 0 aromatic heterocycles. The average molecular weight is 1400 g/mol. The standard InChI is InChI=1S/C49H91N6O34P3/c1-26(60)53-38-44(69)41(66)32(21-57)84-47(38)79-14-8-5-11-35(63)50-17-29(20-56)87-91(74,75)82-25-31(19-52-37(65)13-7-10-16-81-49-40(55-28(3)62)46(71)43(68)34(23-59)86-49)89-92(76,77)83-24-30(88-90(72,73)78-4)18-51-36(64)12-6-9-15-80-48-39(54-27(2)61)45(70)42(67)33(22-58)85-48/h29-34,38-49,56-59,66-71H,5-25H2,1-4H3,(H,50,63)(H,51,64)(H,52,65)(H,53,60)(H,54,61)(H,55,62)(H,72,73)(H,74,75)(H,76,77)/t29?,30?,31?,32?,33?,34?,38?,39?,40?,41-,42-,43-,44+,45+,46+,47+,48+,49+/m0/s1. The Balaban J connectivity index is 1.63. The van der Waals surface area contributed by atoms with E-state index in [0.717, 1.165) is 27.9 Å². The molecule has 3 saturated heterocycles. The molecule has 12 unspecified atom stereocenters. The van der Waals surface area contributed by atoms with Crippen LogP contribution >= 0.6 is 23.5 Å². The molecule has 21 atom stereocenters. The van der Waals surface area contributed by atoms with Crippen molar-refractivity contribution in [2.45, 2.75) is 189 Å². The first kappa shape index (κ1) is 82.7. The summed E-state index contributed by atoms with van der Waals surface area (Å²) < 4.78 is 102. The van der Waals surface area contributed by atoms with E-state index in [4.69, 9.17) is 51.0 Å². The zero-order valence-electron chi connectivity index (χ0n) is 51.0. The first-order chi connectivity index (χ1) is 43.3. The number of rotatable bonds is 44. The van der Waals surface area contributed by atoms with Gasteiger partial charge in [0.1, 0.15) is 91.4 Å². The number of phosphoric ester groups is 3. The largest absolute Gasteiger partial charge is 0.472 e. The Hall–Kier alpha value is -3.49. The number of aliphatic hydroxyl groups excluding tert-OH is 10. The minimum absolute atomic E-state index is 0.0708. The molecule has 3 rings (SSSR count). The minimum atomic E-state index is -5.48. The number of carbonyl (C=O) groups excluding carboxylic acids is 6. The van der Waals surface area contributed by atoms with Gasteiger partial charge in [-0.15, -0.1) is 0 Å². The van der Waals surface area contributed by atoms with E-state index < -0.39 is 228 Å². The molecule has 92 heavy (non-hydrogen) atoms. The van der Waals surface area contributed by atoms with Crippen molar-refractivity contribution in [3.63, 3.8) is 0 Å². The maximum atomic E-state index is 13.5. The molecule has 6 amide bonds. The summed E-state index contributed by atoms with van der Waals surface area (Å²) in [5.74, 6) is -3.84. The zero-order chi connectivity index (χ0) is 68.9. The second-order valence-electron chi connectivity index (χ2n) is 21.2. The molecule has 0 aliphatic carbocycles. The summed E-state index contributed by atoms with van der Waals surface area (Å²) in [6.45, 7) is -4.27. The van der Waals surface area contributed by atoms with Crippen LogP contribution in [0.25, 0.3) is 0 Å². The molecule has 0 saturated carbocycles. The van der Waals surface area contributed by atoms with Gasteiger partial charge in [-0.3, -0.25) is 55.9 Å². The normalized spacial score (nSPS) is 29.6. The maximum Gasteiger partial charge on any atom is 0.472 e. The van der Waals surface area contributed by atoms with Crippen molar-refractivity contribution >= 4 is 58.9 Å². The van der Waals surface area contributed by atoms with Crippen LogP contribution in [0.3, 0.4) is 0 Å². The maximum absolute atomic E-state index is 13.5. The predicted octanol–water partition coefficient (Wildman–Crippen LogP) is -7.14. The van der Waals surface area contributed by atoms with Crippen molar-refractivity contribution in [3.8, 4) is 0 Å². The van der Waals surface area contributed by atoms with Gasteiger partial charge < -0.3 is 126 Å². The van der Waals surface area contributed by atoms with Crippen molar-refractivity contribution in [1.82, 2.24) is 31.9 Å². The highest BCUT2D eigenvalue weighted by molar-refractivity contribution is 7.48. The molecule has 3 heterocycles. The van der Waals surface area contributed by atoms with E-state index in [1.165, 1.54) is 0 Å². The Morgan fingerprint density at radius 1 is 0.435 bits per heavy atom. The molecule has 19 N–H and O–H groups in total. The molecule has 0 bridgehead atoms. The lowest BCUT2D eigenvalue weighted by Crippen LogP contribution is -2.64. The minimum Gasteiger partial charge on any atom is -0.394 e. The van der Waals surface area contributed by atoms with Crippen LogP contribution in [-0.2, 0) is 98.0 Å². The quantitative estimate of drug-likeness (QED) is 0.0199. The number of hydrogen-bond acceptors (Lipinski definition) is 31. The zero-order valence-corrected chi connectivity index (χ0v) is 53.7. The van der Waals surface area contributed by atoms with Gasteiger partial charge >= 0.3 is 23.5 Å². The molecule has 0 radical (unpaired) electrons. The Morgan fingerprint density at radius 3 is 0.989 bits per heavy atom. The van der Waals surface area contributed by atoms with Gasteiger partial charge in [0.05, 0.1) is 39.6 Å². The second kappa shape index (κ2) is 41.6. The lowest BCUT2D eigenvalue weighted by Gasteiger charge is -2.42. The monoisotopic (exact) mass is 1400 g/mol. The van der Waals surface area contributed by atoms with Crippen molar-refractivity contribution in [3.05, 3.63) is 0 Å². The Morgan fingerprint density at radius 2 is 0.717 bits per heavy atom. The Labute approximate surface area is 528 Å². The number of amides is 6. The molecular weight excluding hydrogens is 1310 g/mol. The number of phosphoric acid groups is 3. The second-order valence-corrected chi connectivity index (χ2v) is 25.6. The van der Waals surface area contributed by atoms with Gasteiger partial charge in [0.25, 0.3) is 0 Å². The van der Waals surface area contributed by atoms with Crippen LogP contribution < -0.4 is 31.9 Å². The number of unbranched alkanes of at least 4 members (excludes halogenated alkanes) is 3. The van der Waals surface area contributed by atoms with E-state index in [9.17, 15) is 108 Å². The number of ether oxygens (including phenoxy) is 6. The average Bonchev–Trinajstić information content (AvgIpc) is 0.836. The third-order valence-electron chi connectivity index (χ3n) is 13.7. The van der Waals surface area contributed by atoms with E-state index in [1.54, 1.807) is 0 Å². The van der Waals surface area contributed by atoms with Crippen LogP contribution in [0.1, 0.15) is 78.6 Å².